The highest BCUT2D eigenvalue weighted by Gasteiger charge is 2.02. The van der Waals surface area contributed by atoms with Gasteiger partial charge < -0.3 is 4.74 Å². The number of halogens is 2. The second-order valence-corrected chi connectivity index (χ2v) is 4.44. The van der Waals surface area contributed by atoms with Crippen LogP contribution >= 0.6 is 11.6 Å². The van der Waals surface area contributed by atoms with Crippen molar-refractivity contribution in [3.8, 4) is 5.75 Å². The highest BCUT2D eigenvalue weighted by atomic mass is 35.5. The molecular weight excluding hydrogens is 251 g/mol. The van der Waals surface area contributed by atoms with Gasteiger partial charge in [0.2, 0.25) is 0 Å². The molecule has 2 aromatic rings. The van der Waals surface area contributed by atoms with Crippen molar-refractivity contribution in [2.24, 2.45) is 0 Å². The fraction of sp³-hybridized carbons (Fsp3) is 0.200. The number of aryl methyl sites for hydroxylation is 1. The largest absolute Gasteiger partial charge is 0.489 e. The molecule has 0 unspecified atom stereocenters. The molecule has 0 N–H and O–H groups in total. The number of rotatable bonds is 4. The first-order chi connectivity index (χ1) is 8.69. The summed E-state index contributed by atoms with van der Waals surface area (Å²) in [4.78, 5) is 0. The van der Waals surface area contributed by atoms with Gasteiger partial charge in [0, 0.05) is 0 Å². The molecule has 1 nitrogen and oxygen atoms in total. The third kappa shape index (κ3) is 3.23. The number of benzene rings is 2. The van der Waals surface area contributed by atoms with Crippen LogP contribution in [0.3, 0.4) is 0 Å². The van der Waals surface area contributed by atoms with Gasteiger partial charge in [0.25, 0.3) is 0 Å². The summed E-state index contributed by atoms with van der Waals surface area (Å²) in [6, 6.07) is 12.6. The lowest BCUT2D eigenvalue weighted by molar-refractivity contribution is 0.305. The molecule has 18 heavy (non-hydrogen) atoms. The molecule has 0 aliphatic rings. The van der Waals surface area contributed by atoms with Crippen LogP contribution in [-0.2, 0) is 13.0 Å². The average molecular weight is 265 g/mol. The second-order valence-electron chi connectivity index (χ2n) is 4.03. The summed E-state index contributed by atoms with van der Waals surface area (Å²) in [7, 11) is 0. The molecule has 3 heteroatoms. The van der Waals surface area contributed by atoms with Crippen LogP contribution in [0.1, 0.15) is 18.1 Å². The Morgan fingerprint density at radius 2 is 1.72 bits per heavy atom. The van der Waals surface area contributed by atoms with Crippen molar-refractivity contribution in [2.75, 3.05) is 0 Å². The molecule has 0 saturated heterocycles. The third-order valence-electron chi connectivity index (χ3n) is 2.72. The lowest BCUT2D eigenvalue weighted by Gasteiger charge is -2.07. The maximum absolute atomic E-state index is 13.2. The van der Waals surface area contributed by atoms with E-state index in [9.17, 15) is 4.39 Å². The molecule has 94 valence electrons. The van der Waals surface area contributed by atoms with Crippen molar-refractivity contribution < 1.29 is 9.13 Å². The molecule has 0 aliphatic carbocycles. The molecule has 0 bridgehead atoms. The molecule has 2 aromatic carbocycles. The molecular formula is C15H14ClFO. The van der Waals surface area contributed by atoms with Gasteiger partial charge in [-0.05, 0) is 41.8 Å². The van der Waals surface area contributed by atoms with Crippen LogP contribution in [0.5, 0.6) is 5.75 Å². The smallest absolute Gasteiger partial charge is 0.142 e. The average Bonchev–Trinajstić information content (AvgIpc) is 2.41. The van der Waals surface area contributed by atoms with Gasteiger partial charge in [-0.25, -0.2) is 4.39 Å². The highest BCUT2D eigenvalue weighted by Crippen LogP contribution is 2.18. The number of ether oxygens (including phenoxy) is 1. The Hall–Kier alpha value is -1.54. The Morgan fingerprint density at radius 1 is 1.06 bits per heavy atom. The molecule has 0 amide bonds. The summed E-state index contributed by atoms with van der Waals surface area (Å²) < 4.78 is 18.8. The van der Waals surface area contributed by atoms with Crippen molar-refractivity contribution in [1.29, 1.82) is 0 Å². The normalized spacial score (nSPS) is 10.4. The molecule has 0 fully saturated rings. The van der Waals surface area contributed by atoms with Crippen molar-refractivity contribution in [3.63, 3.8) is 0 Å². The van der Waals surface area contributed by atoms with Crippen LogP contribution in [0.25, 0.3) is 0 Å². The van der Waals surface area contributed by atoms with Gasteiger partial charge in [0.05, 0.1) is 5.02 Å². The van der Waals surface area contributed by atoms with Gasteiger partial charge in [0.15, 0.2) is 0 Å². The predicted molar refractivity (Wildman–Crippen MR) is 71.6 cm³/mol. The minimum atomic E-state index is -0.418. The number of hydrogen-bond donors (Lipinski definition) is 0. The van der Waals surface area contributed by atoms with Crippen LogP contribution in [-0.4, -0.2) is 0 Å². The Kier molecular flexibility index (Phi) is 4.21. The first-order valence-corrected chi connectivity index (χ1v) is 6.22. The van der Waals surface area contributed by atoms with Crippen LogP contribution in [0.15, 0.2) is 42.5 Å². The fourth-order valence-electron chi connectivity index (χ4n) is 1.62. The molecule has 0 aromatic heterocycles. The van der Waals surface area contributed by atoms with E-state index in [0.717, 1.165) is 17.7 Å². The van der Waals surface area contributed by atoms with E-state index in [1.165, 1.54) is 17.7 Å². The Balaban J connectivity index is 1.99. The zero-order valence-corrected chi connectivity index (χ0v) is 10.9. The van der Waals surface area contributed by atoms with Crippen molar-refractivity contribution in [1.82, 2.24) is 0 Å². The zero-order chi connectivity index (χ0) is 13.0. The van der Waals surface area contributed by atoms with Crippen molar-refractivity contribution in [2.45, 2.75) is 20.0 Å². The summed E-state index contributed by atoms with van der Waals surface area (Å²) >= 11 is 5.62. The van der Waals surface area contributed by atoms with E-state index in [0.29, 0.717) is 6.61 Å². The van der Waals surface area contributed by atoms with E-state index in [1.807, 2.05) is 24.3 Å². The van der Waals surface area contributed by atoms with E-state index in [4.69, 9.17) is 16.3 Å². The summed E-state index contributed by atoms with van der Waals surface area (Å²) in [6.07, 6.45) is 1.00. The van der Waals surface area contributed by atoms with Gasteiger partial charge in [-0.15, -0.1) is 0 Å². The molecule has 0 aliphatic heterocycles. The SMILES string of the molecule is CCc1ccc(OCc2ccc(Cl)c(F)c2)cc1. The Morgan fingerprint density at radius 3 is 2.33 bits per heavy atom. The summed E-state index contributed by atoms with van der Waals surface area (Å²) in [5.41, 5.74) is 2.02. The molecule has 0 saturated carbocycles. The van der Waals surface area contributed by atoms with E-state index in [1.54, 1.807) is 6.07 Å². The maximum Gasteiger partial charge on any atom is 0.142 e. The predicted octanol–water partition coefficient (Wildman–Crippen LogP) is 4.62. The fourth-order valence-corrected chi connectivity index (χ4v) is 1.74. The summed E-state index contributed by atoms with van der Waals surface area (Å²) in [5, 5.41) is 0.131. The molecule has 0 heterocycles. The topological polar surface area (TPSA) is 9.23 Å². The van der Waals surface area contributed by atoms with Gasteiger partial charge in [-0.1, -0.05) is 36.7 Å². The lowest BCUT2D eigenvalue weighted by Crippen LogP contribution is -1.96. The summed E-state index contributed by atoms with van der Waals surface area (Å²) in [6.45, 7) is 2.44. The van der Waals surface area contributed by atoms with Gasteiger partial charge >= 0.3 is 0 Å². The van der Waals surface area contributed by atoms with E-state index in [-0.39, 0.29) is 5.02 Å². The zero-order valence-electron chi connectivity index (χ0n) is 10.1. The molecule has 0 atom stereocenters. The van der Waals surface area contributed by atoms with Crippen LogP contribution in [0.2, 0.25) is 5.02 Å². The van der Waals surface area contributed by atoms with Crippen molar-refractivity contribution >= 4 is 11.6 Å². The van der Waals surface area contributed by atoms with E-state index >= 15 is 0 Å². The first-order valence-electron chi connectivity index (χ1n) is 5.84. The molecule has 0 radical (unpaired) electrons. The highest BCUT2D eigenvalue weighted by molar-refractivity contribution is 6.30. The van der Waals surface area contributed by atoms with Crippen LogP contribution < -0.4 is 4.74 Å². The quantitative estimate of drug-likeness (QED) is 0.783. The Labute approximate surface area is 111 Å². The van der Waals surface area contributed by atoms with E-state index in [2.05, 4.69) is 6.92 Å². The van der Waals surface area contributed by atoms with Gasteiger partial charge in [0.1, 0.15) is 18.2 Å². The van der Waals surface area contributed by atoms with Crippen molar-refractivity contribution in [3.05, 3.63) is 64.4 Å². The van der Waals surface area contributed by atoms with Gasteiger partial charge in [-0.2, -0.15) is 0 Å². The lowest BCUT2D eigenvalue weighted by atomic mass is 10.2. The van der Waals surface area contributed by atoms with Crippen LogP contribution in [0.4, 0.5) is 4.39 Å². The van der Waals surface area contributed by atoms with E-state index < -0.39 is 5.82 Å². The molecule has 2 rings (SSSR count). The van der Waals surface area contributed by atoms with Gasteiger partial charge in [-0.3, -0.25) is 0 Å². The van der Waals surface area contributed by atoms with Crippen LogP contribution in [0, 0.1) is 5.82 Å². The first kappa shape index (κ1) is 12.9. The Bertz CT molecular complexity index is 523. The minimum Gasteiger partial charge on any atom is -0.489 e. The monoisotopic (exact) mass is 264 g/mol. The maximum atomic E-state index is 13.2. The number of hydrogen-bond acceptors (Lipinski definition) is 1. The molecule has 0 spiro atoms. The minimum absolute atomic E-state index is 0.131. The third-order valence-corrected chi connectivity index (χ3v) is 3.03. The standard InChI is InChI=1S/C15H14ClFO/c1-2-11-3-6-13(7-4-11)18-10-12-5-8-14(16)15(17)9-12/h3-9H,2,10H2,1H3. The second kappa shape index (κ2) is 5.87. The summed E-state index contributed by atoms with van der Waals surface area (Å²) in [5.74, 6) is 0.363.